The number of nitrogens with zero attached hydrogens (tertiary/aromatic N) is 8. The third-order valence-corrected chi connectivity index (χ3v) is 34.5. The molecule has 2 unspecified atom stereocenters. The smallest absolute Gasteiger partial charge is 0.270 e. The summed E-state index contributed by atoms with van der Waals surface area (Å²) in [6, 6.07) is 10.6. The van der Waals surface area contributed by atoms with Gasteiger partial charge in [-0.2, -0.15) is 8.75 Å². The van der Waals surface area contributed by atoms with E-state index in [1.165, 1.54) is 366 Å². The molecule has 2 aliphatic carbocycles. The van der Waals surface area contributed by atoms with E-state index in [2.05, 4.69) is 84.7 Å². The van der Waals surface area contributed by atoms with Gasteiger partial charge in [-0.25, -0.2) is 20.2 Å². The van der Waals surface area contributed by atoms with Crippen LogP contribution in [0.25, 0.3) is 105 Å². The minimum Gasteiger partial charge on any atom is -0.337 e. The van der Waals surface area contributed by atoms with E-state index in [0.717, 1.165) is 85.2 Å². The molecule has 0 saturated carbocycles. The highest BCUT2D eigenvalue weighted by Crippen LogP contribution is 2.56. The average molecular weight is 1910 g/mol. The van der Waals surface area contributed by atoms with Crippen molar-refractivity contribution in [1.29, 1.82) is 10.5 Å². The van der Waals surface area contributed by atoms with E-state index in [9.17, 15) is 20.1 Å². The number of thiophene rings is 4. The summed E-state index contributed by atoms with van der Waals surface area (Å²) < 4.78 is 24.8. The van der Waals surface area contributed by atoms with Gasteiger partial charge in [-0.05, 0) is 122 Å². The zero-order valence-electron chi connectivity index (χ0n) is 78.1. The number of fused-ring (bicyclic) bond motifs is 16. The normalized spacial score (nSPS) is 15.0. The lowest BCUT2D eigenvalue weighted by atomic mass is 9.93. The van der Waals surface area contributed by atoms with Crippen LogP contribution in [0.15, 0.2) is 71.1 Å². The maximum Gasteiger partial charge on any atom is 0.270 e. The first-order valence-corrected chi connectivity index (χ1v) is 55.7. The number of aryl methyl sites for hydroxylation is 2. The number of unbranched alkanes of at least 4 members (excludes halogenated alkanes) is 40. The van der Waals surface area contributed by atoms with Gasteiger partial charge in [-0.15, -0.1) is 45.3 Å². The van der Waals surface area contributed by atoms with Gasteiger partial charge in [-0.3, -0.25) is 9.59 Å². The largest absolute Gasteiger partial charge is 0.337 e. The lowest BCUT2D eigenvalue weighted by Gasteiger charge is -2.22. The Bertz CT molecular complexity index is 5800. The molecule has 2 aliphatic rings. The van der Waals surface area contributed by atoms with Crippen LogP contribution in [0.4, 0.5) is 0 Å². The number of benzene rings is 3. The van der Waals surface area contributed by atoms with Crippen molar-refractivity contribution < 1.29 is 9.59 Å². The molecule has 19 heteroatoms. The summed E-state index contributed by atoms with van der Waals surface area (Å²) in [6.45, 7) is 32.0. The van der Waals surface area contributed by atoms with Crippen molar-refractivity contribution in [2.75, 3.05) is 0 Å². The van der Waals surface area contributed by atoms with Crippen LogP contribution in [0.5, 0.6) is 0 Å². The Morgan fingerprint density at radius 1 is 0.380 bits per heavy atom. The van der Waals surface area contributed by atoms with Crippen molar-refractivity contribution in [3.05, 3.63) is 157 Å². The molecule has 7 aromatic heterocycles. The second-order valence-electron chi connectivity index (χ2n) is 37.0. The maximum absolute atomic E-state index is 14.7. The molecule has 688 valence electrons. The van der Waals surface area contributed by atoms with Crippen LogP contribution in [0.2, 0.25) is 20.1 Å². The van der Waals surface area contributed by atoms with E-state index in [1.807, 2.05) is 69.7 Å². The first-order chi connectivity index (χ1) is 63.2. The molecule has 0 amide bonds. The molecule has 0 bridgehead atoms. The van der Waals surface area contributed by atoms with Gasteiger partial charge in [0.2, 0.25) is 0 Å². The minimum atomic E-state index is -0.291. The fourth-order valence-corrected chi connectivity index (χ4v) is 27.4. The highest BCUT2D eigenvalue weighted by atomic mass is 35.5. The van der Waals surface area contributed by atoms with Crippen LogP contribution in [0.3, 0.4) is 0 Å². The Hall–Kier alpha value is -6.70. The first-order valence-electron chi connectivity index (χ1n) is 50.2. The molecule has 0 radical (unpaired) electrons. The second kappa shape index (κ2) is 52.8. The summed E-state index contributed by atoms with van der Waals surface area (Å²) in [5.74, 6) is 0.248. The zero-order valence-corrected chi connectivity index (χ0v) is 85.2. The van der Waals surface area contributed by atoms with Gasteiger partial charge in [0.1, 0.15) is 11.0 Å². The number of allylic oxidation sites excluding steroid dienone is 10. The fourth-order valence-electron chi connectivity index (χ4n) is 20.3. The van der Waals surface area contributed by atoms with Crippen molar-refractivity contribution in [2.45, 2.75) is 389 Å². The lowest BCUT2D eigenvalue weighted by molar-refractivity contribution is 0.103. The fraction of sp³-hybridized carbons (Fsp3) is 0.564. The third-order valence-electron chi connectivity index (χ3n) is 27.4. The summed E-state index contributed by atoms with van der Waals surface area (Å²) in [4.78, 5) is 39.0. The molecule has 0 fully saturated rings. The van der Waals surface area contributed by atoms with Gasteiger partial charge in [0.05, 0.1) is 107 Å². The van der Waals surface area contributed by atoms with Gasteiger partial charge in [0.25, 0.3) is 11.4 Å². The molecule has 7 heterocycles. The standard InChI is InChI=1S/C110H138Cl4N8O2S5/c1-9-15-21-27-32-36-39-41-46-52-60-76(59-51-45-40-35-30-24-18-12-4)74-122-100-96(108-102(122)110-106(128-108)78(62-54-48-43-38-34-29-23-17-11-3)92(126-110)66-56-64-80-94(90(72-116)118-8)82-68-86(112)88(114)70-84(82)104(80)124)98-97(119-129-120-98)95-99(100)121(73-75(57-49-26-20-14-6)58-50-44-31-25-19-13-5)101-107(95)127-105-77(61-53-47-42-37-33-28-22-16-10-2)91(125-109(101)105)65-55-63-79-93(89(71-115)117-7)81-67-85(111)87(113)69-83(81)103(79)123/h55-56,63-70,75-76H,9-54,57-62,73-74H2,1-6H3/b65-55+,66-56+,79-63-,80-64-,93-89-,94-90+. The summed E-state index contributed by atoms with van der Waals surface area (Å²) in [6.07, 6.45) is 76.0. The Morgan fingerprint density at radius 2 is 0.659 bits per heavy atom. The molecule has 10 aromatic rings. The lowest BCUT2D eigenvalue weighted by Crippen LogP contribution is -2.14. The number of aromatic nitrogens is 4. The van der Waals surface area contributed by atoms with E-state index in [0.29, 0.717) is 34.1 Å². The molecular weight excluding hydrogens is 1770 g/mol. The number of rotatable bonds is 60. The average Bonchev–Trinajstić information content (AvgIpc) is 1.50. The summed E-state index contributed by atoms with van der Waals surface area (Å²) in [7, 11) is 0. The Labute approximate surface area is 811 Å². The summed E-state index contributed by atoms with van der Waals surface area (Å²) in [5.41, 5.74) is 12.2. The molecule has 0 N–H and O–H groups in total. The predicted octanol–water partition coefficient (Wildman–Crippen LogP) is 39.0. The number of halogens is 4. The zero-order chi connectivity index (χ0) is 91.0. The van der Waals surface area contributed by atoms with Crippen LogP contribution < -0.4 is 0 Å². The van der Waals surface area contributed by atoms with E-state index >= 15 is 0 Å². The summed E-state index contributed by atoms with van der Waals surface area (Å²) >= 11 is 35.6. The van der Waals surface area contributed by atoms with Gasteiger partial charge >= 0.3 is 0 Å². The summed E-state index contributed by atoms with van der Waals surface area (Å²) in [5, 5.41) is 24.4. The number of ketones is 2. The highest BCUT2D eigenvalue weighted by Gasteiger charge is 2.37. The highest BCUT2D eigenvalue weighted by molar-refractivity contribution is 7.34. The van der Waals surface area contributed by atoms with Crippen molar-refractivity contribution in [3.63, 3.8) is 0 Å². The molecule has 129 heavy (non-hydrogen) atoms. The molecule has 2 atom stereocenters. The predicted molar refractivity (Wildman–Crippen MR) is 563 cm³/mol. The monoisotopic (exact) mass is 1900 g/mol. The van der Waals surface area contributed by atoms with Crippen LogP contribution in [-0.4, -0.2) is 29.4 Å². The van der Waals surface area contributed by atoms with Gasteiger partial charge < -0.3 is 9.13 Å². The van der Waals surface area contributed by atoms with E-state index in [1.54, 1.807) is 24.3 Å². The Morgan fingerprint density at radius 3 is 0.953 bits per heavy atom. The van der Waals surface area contributed by atoms with E-state index in [-0.39, 0.29) is 65.3 Å². The van der Waals surface area contributed by atoms with Crippen LogP contribution in [0.1, 0.15) is 415 Å². The van der Waals surface area contributed by atoms with Crippen molar-refractivity contribution >= 4 is 210 Å². The number of hydrogen-bond donors (Lipinski definition) is 0. The number of carbonyl (C=O) groups excluding carboxylic acids is 2. The number of nitriles is 2. The molecule has 0 spiro atoms. The van der Waals surface area contributed by atoms with Crippen molar-refractivity contribution in [2.24, 2.45) is 11.8 Å². The maximum atomic E-state index is 14.7. The molecule has 12 rings (SSSR count). The Balaban J connectivity index is 1.11. The van der Waals surface area contributed by atoms with E-state index < -0.39 is 0 Å². The van der Waals surface area contributed by atoms with Gasteiger partial charge in [0, 0.05) is 67.0 Å². The van der Waals surface area contributed by atoms with Crippen molar-refractivity contribution in [3.8, 4) is 12.1 Å². The molecule has 0 saturated heterocycles. The van der Waals surface area contributed by atoms with Gasteiger partial charge in [0.15, 0.2) is 11.6 Å². The van der Waals surface area contributed by atoms with Crippen LogP contribution in [0, 0.1) is 47.6 Å². The number of carbonyl (C=O) groups is 2. The van der Waals surface area contributed by atoms with Crippen LogP contribution in [-0.2, 0) is 25.9 Å². The second-order valence-corrected chi connectivity index (χ2v) is 43.3. The number of Topliss-reactive ketones (excluding diaryl/α,β-unsaturated/α-hetero) is 2. The topological polar surface area (TPSA) is 126 Å². The molecule has 3 aromatic carbocycles. The van der Waals surface area contributed by atoms with E-state index in [4.69, 9.17) is 68.3 Å². The molecule has 0 aliphatic heterocycles. The number of hydrogen-bond acceptors (Lipinski definition) is 11. The molecular formula is C110H138Cl4N8O2S5. The van der Waals surface area contributed by atoms with Crippen LogP contribution >= 0.6 is 103 Å². The third kappa shape index (κ3) is 25.3. The van der Waals surface area contributed by atoms with Gasteiger partial charge in [-0.1, -0.05) is 395 Å². The van der Waals surface area contributed by atoms with Crippen molar-refractivity contribution in [1.82, 2.24) is 17.9 Å². The SMILES string of the molecule is [C-]#[N+]\C(C#N)=C1/C(=C/C=C/c2sc3c(sc4c5c6nsnc6c6c7sc8c(CCCCCCCCCCC)c(/C=C/C=C9\C(=O)c%10cc(Cl)c(Cl)cc%10\C9=C(\C#N)[N+]#[C-])sc8c7n(CC(CCCCCC)CCCCCCCC)c6c5n(CC(CCCCCCCCCC)CCCCCCCCCCCC)c34)c2CCCCCCCCCCC)C(=O)c2cc(Cl)c(Cl)cc21. The quantitative estimate of drug-likeness (QED) is 0.0162. The minimum absolute atomic E-state index is 0.162. The first kappa shape index (κ1) is 101. The molecule has 10 nitrogen and oxygen atoms in total. The Kier molecular flexibility index (Phi) is 41.5.